The molecule has 2 N–H and O–H groups in total. The summed E-state index contributed by atoms with van der Waals surface area (Å²) >= 11 is 4.52. The first kappa shape index (κ1) is 18.9. The van der Waals surface area contributed by atoms with Crippen molar-refractivity contribution in [2.24, 2.45) is 0 Å². The fourth-order valence-corrected chi connectivity index (χ4v) is 3.07. The molecular formula is C18H29N3O2S. The Kier molecular flexibility index (Phi) is 5.71. The van der Waals surface area contributed by atoms with Gasteiger partial charge in [0, 0.05) is 43.3 Å². The Balaban J connectivity index is 1.96. The van der Waals surface area contributed by atoms with Crippen LogP contribution in [0.4, 0.5) is 10.5 Å². The molecule has 1 saturated heterocycles. The number of nitrogens with zero attached hydrogens (tertiary/aromatic N) is 2. The number of hydrogen-bond acceptors (Lipinski definition) is 5. The number of hydrogen-bond donors (Lipinski definition) is 2. The van der Waals surface area contributed by atoms with Crippen LogP contribution in [-0.2, 0) is 11.3 Å². The summed E-state index contributed by atoms with van der Waals surface area (Å²) in [4.78, 5) is 17.2. The molecule has 0 spiro atoms. The number of ether oxygens (including phenoxy) is 1. The van der Waals surface area contributed by atoms with Crippen molar-refractivity contribution in [3.63, 3.8) is 0 Å². The Labute approximate surface area is 150 Å². The lowest BCUT2D eigenvalue weighted by molar-refractivity contribution is 0.0139. The first-order valence-corrected chi connectivity index (χ1v) is 8.81. The van der Waals surface area contributed by atoms with Gasteiger partial charge in [-0.05, 0) is 57.4 Å². The van der Waals surface area contributed by atoms with Crippen molar-refractivity contribution in [1.29, 1.82) is 0 Å². The van der Waals surface area contributed by atoms with Crippen molar-refractivity contribution >= 4 is 24.4 Å². The van der Waals surface area contributed by atoms with E-state index in [9.17, 15) is 4.79 Å². The summed E-state index contributed by atoms with van der Waals surface area (Å²) in [7, 11) is 0. The Morgan fingerprint density at radius 3 is 2.33 bits per heavy atom. The van der Waals surface area contributed by atoms with Gasteiger partial charge in [0.15, 0.2) is 0 Å². The quantitative estimate of drug-likeness (QED) is 0.634. The summed E-state index contributed by atoms with van der Waals surface area (Å²) in [6.07, 6.45) is -0.226. The highest BCUT2D eigenvalue weighted by molar-refractivity contribution is 7.80. The van der Waals surface area contributed by atoms with Crippen LogP contribution >= 0.6 is 12.6 Å². The van der Waals surface area contributed by atoms with Crippen molar-refractivity contribution in [2.45, 2.75) is 51.7 Å². The number of thiol groups is 1. The molecule has 134 valence electrons. The molecule has 2 rings (SSSR count). The van der Waals surface area contributed by atoms with Crippen LogP contribution in [0, 0.1) is 13.8 Å². The van der Waals surface area contributed by atoms with Crippen molar-refractivity contribution in [1.82, 2.24) is 9.80 Å². The van der Waals surface area contributed by atoms with Crippen LogP contribution in [-0.4, -0.2) is 47.7 Å². The average Bonchev–Trinajstić information content (AvgIpc) is 2.49. The zero-order valence-electron chi connectivity index (χ0n) is 15.3. The van der Waals surface area contributed by atoms with Crippen LogP contribution in [0.3, 0.4) is 0 Å². The molecule has 0 aliphatic carbocycles. The molecule has 6 heteroatoms. The molecular weight excluding hydrogens is 322 g/mol. The number of carbonyl (C=O) groups is 1. The van der Waals surface area contributed by atoms with Gasteiger partial charge in [0.25, 0.3) is 0 Å². The monoisotopic (exact) mass is 351 g/mol. The fourth-order valence-electron chi connectivity index (χ4n) is 2.79. The van der Waals surface area contributed by atoms with E-state index in [1.807, 2.05) is 27.7 Å². The number of anilines is 1. The van der Waals surface area contributed by atoms with Crippen LogP contribution in [0.25, 0.3) is 0 Å². The molecule has 0 radical (unpaired) electrons. The molecule has 0 aromatic heterocycles. The minimum atomic E-state index is -0.451. The Hall–Kier alpha value is -1.40. The van der Waals surface area contributed by atoms with Crippen LogP contribution in [0.2, 0.25) is 0 Å². The summed E-state index contributed by atoms with van der Waals surface area (Å²) in [6, 6.07) is 2.10. The lowest BCUT2D eigenvalue weighted by Crippen LogP contribution is -2.49. The lowest BCUT2D eigenvalue weighted by Gasteiger charge is -2.36. The third-order valence-corrected chi connectivity index (χ3v) is 4.87. The van der Waals surface area contributed by atoms with Crippen LogP contribution in [0.15, 0.2) is 11.0 Å². The van der Waals surface area contributed by atoms with E-state index >= 15 is 0 Å². The summed E-state index contributed by atoms with van der Waals surface area (Å²) < 4.78 is 5.44. The number of amides is 1. The highest BCUT2D eigenvalue weighted by Gasteiger charge is 2.26. The van der Waals surface area contributed by atoms with Gasteiger partial charge in [-0.15, -0.1) is 12.6 Å². The third-order valence-electron chi connectivity index (χ3n) is 4.40. The van der Waals surface area contributed by atoms with Crippen LogP contribution in [0.1, 0.15) is 37.5 Å². The molecule has 1 fully saturated rings. The molecule has 1 aliphatic rings. The molecule has 1 aromatic carbocycles. The van der Waals surface area contributed by atoms with E-state index in [0.29, 0.717) is 13.1 Å². The summed E-state index contributed by atoms with van der Waals surface area (Å²) in [6.45, 7) is 13.6. The molecule has 1 aliphatic heterocycles. The molecule has 0 unspecified atom stereocenters. The number of rotatable bonds is 2. The van der Waals surface area contributed by atoms with E-state index in [2.05, 4.69) is 30.5 Å². The second-order valence-electron chi connectivity index (χ2n) is 7.46. The zero-order valence-corrected chi connectivity index (χ0v) is 16.2. The minimum Gasteiger partial charge on any atom is -0.444 e. The number of carbonyl (C=O) groups excluding carboxylic acids is 1. The van der Waals surface area contributed by atoms with Gasteiger partial charge in [-0.3, -0.25) is 4.90 Å². The van der Waals surface area contributed by atoms with Gasteiger partial charge in [-0.1, -0.05) is 0 Å². The largest absolute Gasteiger partial charge is 0.444 e. The van der Waals surface area contributed by atoms with E-state index in [-0.39, 0.29) is 6.09 Å². The number of benzene rings is 1. The van der Waals surface area contributed by atoms with Crippen molar-refractivity contribution in [3.05, 3.63) is 22.8 Å². The first-order chi connectivity index (χ1) is 11.1. The van der Waals surface area contributed by atoms with Gasteiger partial charge >= 0.3 is 6.09 Å². The fraction of sp³-hybridized carbons (Fsp3) is 0.611. The molecule has 5 nitrogen and oxygen atoms in total. The maximum Gasteiger partial charge on any atom is 0.410 e. The number of piperazine rings is 1. The average molecular weight is 352 g/mol. The maximum atomic E-state index is 12.1. The van der Waals surface area contributed by atoms with Gasteiger partial charge < -0.3 is 15.4 Å². The first-order valence-electron chi connectivity index (χ1n) is 8.36. The van der Waals surface area contributed by atoms with E-state index in [0.717, 1.165) is 41.3 Å². The highest BCUT2D eigenvalue weighted by Crippen LogP contribution is 2.28. The smallest absolute Gasteiger partial charge is 0.410 e. The standard InChI is InChI=1S/C18H29N3O2S/c1-12-14(10-15(24)13(2)16(12)19)11-20-6-8-21(9-7-20)17(22)23-18(3,4)5/h10,24H,6-9,11,19H2,1-5H3. The third kappa shape index (κ3) is 4.57. The van der Waals surface area contributed by atoms with E-state index in [1.165, 1.54) is 5.56 Å². The van der Waals surface area contributed by atoms with Crippen molar-refractivity contribution in [2.75, 3.05) is 31.9 Å². The molecule has 1 aromatic rings. The van der Waals surface area contributed by atoms with Gasteiger partial charge in [0.1, 0.15) is 5.60 Å². The predicted octanol–water partition coefficient (Wildman–Crippen LogP) is 3.23. The second kappa shape index (κ2) is 7.23. The second-order valence-corrected chi connectivity index (χ2v) is 7.94. The Morgan fingerprint density at radius 2 is 1.79 bits per heavy atom. The van der Waals surface area contributed by atoms with Gasteiger partial charge in [-0.2, -0.15) is 0 Å². The number of nitrogens with two attached hydrogens (primary N) is 1. The summed E-state index contributed by atoms with van der Waals surface area (Å²) in [5, 5.41) is 0. The number of nitrogen functional groups attached to an aromatic ring is 1. The molecule has 24 heavy (non-hydrogen) atoms. The van der Waals surface area contributed by atoms with Gasteiger partial charge in [-0.25, -0.2) is 4.79 Å². The molecule has 0 bridgehead atoms. The SMILES string of the molecule is Cc1c(S)cc(CN2CCN(C(=O)OC(C)(C)C)CC2)c(C)c1N. The van der Waals surface area contributed by atoms with Crippen molar-refractivity contribution in [3.8, 4) is 0 Å². The summed E-state index contributed by atoms with van der Waals surface area (Å²) in [5.74, 6) is 0. The minimum absolute atomic E-state index is 0.226. The van der Waals surface area contributed by atoms with Crippen LogP contribution < -0.4 is 5.73 Å². The van der Waals surface area contributed by atoms with Crippen LogP contribution in [0.5, 0.6) is 0 Å². The normalized spacial score (nSPS) is 16.3. The van der Waals surface area contributed by atoms with Gasteiger partial charge in [0.05, 0.1) is 0 Å². The molecule has 1 heterocycles. The Morgan fingerprint density at radius 1 is 1.21 bits per heavy atom. The topological polar surface area (TPSA) is 58.8 Å². The highest BCUT2D eigenvalue weighted by atomic mass is 32.1. The lowest BCUT2D eigenvalue weighted by atomic mass is 10.0. The van der Waals surface area contributed by atoms with E-state index in [1.54, 1.807) is 4.90 Å². The van der Waals surface area contributed by atoms with Gasteiger partial charge in [0.2, 0.25) is 0 Å². The predicted molar refractivity (Wildman–Crippen MR) is 101 cm³/mol. The van der Waals surface area contributed by atoms with E-state index in [4.69, 9.17) is 10.5 Å². The zero-order chi connectivity index (χ0) is 18.1. The van der Waals surface area contributed by atoms with E-state index < -0.39 is 5.60 Å². The molecule has 0 saturated carbocycles. The summed E-state index contributed by atoms with van der Waals surface area (Å²) in [5.41, 5.74) is 9.91. The molecule has 0 atom stereocenters. The Bertz CT molecular complexity index is 618. The van der Waals surface area contributed by atoms with Crippen molar-refractivity contribution < 1.29 is 9.53 Å². The molecule has 1 amide bonds. The maximum absolute atomic E-state index is 12.1.